The van der Waals surface area contributed by atoms with Gasteiger partial charge in [-0.1, -0.05) is 6.07 Å². The maximum atomic E-state index is 13.3. The molecule has 114 valence electrons. The van der Waals surface area contributed by atoms with Crippen LogP contribution in [0.5, 0.6) is 0 Å². The van der Waals surface area contributed by atoms with Gasteiger partial charge in [-0.25, -0.2) is 13.6 Å². The van der Waals surface area contributed by atoms with Crippen LogP contribution in [-0.4, -0.2) is 37.7 Å². The van der Waals surface area contributed by atoms with Crippen LogP contribution in [0, 0.1) is 11.6 Å². The van der Waals surface area contributed by atoms with Crippen LogP contribution < -0.4 is 5.32 Å². The molecule has 1 amide bonds. The molecule has 0 saturated carbocycles. The first-order valence-corrected chi connectivity index (χ1v) is 6.57. The Morgan fingerprint density at radius 1 is 1.33 bits per heavy atom. The molecular weight excluding hydrogens is 284 g/mol. The average molecular weight is 299 g/mol. The predicted octanol–water partition coefficient (Wildman–Crippen LogP) is 1.42. The van der Waals surface area contributed by atoms with Crippen LogP contribution in [0.15, 0.2) is 18.2 Å². The van der Waals surface area contributed by atoms with E-state index in [4.69, 9.17) is 4.74 Å². The molecule has 0 unspecified atom stereocenters. The summed E-state index contributed by atoms with van der Waals surface area (Å²) in [5.41, 5.74) is -0.801. The van der Waals surface area contributed by atoms with Crippen LogP contribution in [0.25, 0.3) is 0 Å². The molecule has 1 fully saturated rings. The summed E-state index contributed by atoms with van der Waals surface area (Å²) in [4.78, 5) is 23.0. The van der Waals surface area contributed by atoms with E-state index in [9.17, 15) is 18.4 Å². The van der Waals surface area contributed by atoms with Crippen molar-refractivity contribution in [2.24, 2.45) is 0 Å². The molecule has 0 spiro atoms. The molecule has 0 aliphatic carbocycles. The van der Waals surface area contributed by atoms with E-state index in [1.807, 2.05) is 0 Å². The molecule has 1 heterocycles. The fraction of sp³-hybridized carbons (Fsp3) is 0.429. The van der Waals surface area contributed by atoms with Gasteiger partial charge in [0.2, 0.25) is 0 Å². The SMILES string of the molecule is O=C(COC(=O)c1c(F)cccc1F)NC[C@H]1CCCO1. The van der Waals surface area contributed by atoms with Gasteiger partial charge in [-0.15, -0.1) is 0 Å². The zero-order valence-electron chi connectivity index (χ0n) is 11.2. The van der Waals surface area contributed by atoms with E-state index in [-0.39, 0.29) is 6.10 Å². The van der Waals surface area contributed by atoms with Crippen molar-refractivity contribution in [3.63, 3.8) is 0 Å². The van der Waals surface area contributed by atoms with Crippen molar-refractivity contribution >= 4 is 11.9 Å². The zero-order chi connectivity index (χ0) is 15.2. The molecule has 21 heavy (non-hydrogen) atoms. The lowest BCUT2D eigenvalue weighted by atomic mass is 10.2. The summed E-state index contributed by atoms with van der Waals surface area (Å²) in [5, 5.41) is 2.53. The Balaban J connectivity index is 1.79. The molecule has 1 aromatic carbocycles. The number of hydrogen-bond acceptors (Lipinski definition) is 4. The number of carbonyl (C=O) groups excluding carboxylic acids is 2. The predicted molar refractivity (Wildman–Crippen MR) is 68.6 cm³/mol. The first-order chi connectivity index (χ1) is 10.1. The van der Waals surface area contributed by atoms with Crippen LogP contribution in [0.2, 0.25) is 0 Å². The highest BCUT2D eigenvalue weighted by Crippen LogP contribution is 2.13. The fourth-order valence-corrected chi connectivity index (χ4v) is 1.98. The van der Waals surface area contributed by atoms with Gasteiger partial charge < -0.3 is 14.8 Å². The van der Waals surface area contributed by atoms with E-state index in [0.717, 1.165) is 31.0 Å². The molecule has 1 saturated heterocycles. The second-order valence-corrected chi connectivity index (χ2v) is 4.61. The zero-order valence-corrected chi connectivity index (χ0v) is 11.2. The number of halogens is 2. The van der Waals surface area contributed by atoms with Gasteiger partial charge in [0.05, 0.1) is 6.10 Å². The molecule has 0 aromatic heterocycles. The maximum Gasteiger partial charge on any atom is 0.344 e. The average Bonchev–Trinajstić information content (AvgIpc) is 2.96. The summed E-state index contributed by atoms with van der Waals surface area (Å²) in [6, 6.07) is 3.02. The Hall–Kier alpha value is -2.02. The number of esters is 1. The minimum absolute atomic E-state index is 0.0336. The Morgan fingerprint density at radius 3 is 2.67 bits per heavy atom. The molecule has 1 aliphatic heterocycles. The molecule has 1 atom stereocenters. The maximum absolute atomic E-state index is 13.3. The lowest BCUT2D eigenvalue weighted by molar-refractivity contribution is -0.124. The highest BCUT2D eigenvalue weighted by Gasteiger charge is 2.20. The molecule has 5 nitrogen and oxygen atoms in total. The fourth-order valence-electron chi connectivity index (χ4n) is 1.98. The van der Waals surface area contributed by atoms with Crippen LogP contribution >= 0.6 is 0 Å². The minimum atomic E-state index is -1.21. The smallest absolute Gasteiger partial charge is 0.344 e. The number of nitrogens with one attached hydrogen (secondary N) is 1. The molecule has 0 bridgehead atoms. The van der Waals surface area contributed by atoms with Crippen LogP contribution in [0.3, 0.4) is 0 Å². The highest BCUT2D eigenvalue weighted by atomic mass is 19.1. The number of benzene rings is 1. The Labute approximate surface area is 120 Å². The van der Waals surface area contributed by atoms with E-state index in [1.165, 1.54) is 0 Å². The normalized spacial score (nSPS) is 17.5. The first kappa shape index (κ1) is 15.4. The Morgan fingerprint density at radius 2 is 2.05 bits per heavy atom. The number of carbonyl (C=O) groups is 2. The van der Waals surface area contributed by atoms with E-state index in [0.29, 0.717) is 13.2 Å². The Bertz CT molecular complexity index is 509. The summed E-state index contributed by atoms with van der Waals surface area (Å²) >= 11 is 0. The molecular formula is C14H15F2NO4. The lowest BCUT2D eigenvalue weighted by Crippen LogP contribution is -2.35. The third kappa shape index (κ3) is 4.22. The standard InChI is InChI=1S/C14H15F2NO4/c15-10-4-1-5-11(16)13(10)14(19)21-8-12(18)17-7-9-3-2-6-20-9/h1,4-5,9H,2-3,6-8H2,(H,17,18)/t9-/m1/s1. The molecule has 0 radical (unpaired) electrons. The minimum Gasteiger partial charge on any atom is -0.452 e. The van der Waals surface area contributed by atoms with Crippen molar-refractivity contribution in [1.29, 1.82) is 0 Å². The van der Waals surface area contributed by atoms with Crippen molar-refractivity contribution in [2.75, 3.05) is 19.8 Å². The van der Waals surface area contributed by atoms with Gasteiger partial charge in [0.1, 0.15) is 17.2 Å². The second-order valence-electron chi connectivity index (χ2n) is 4.61. The molecule has 1 N–H and O–H groups in total. The van der Waals surface area contributed by atoms with Crippen LogP contribution in [-0.2, 0) is 14.3 Å². The van der Waals surface area contributed by atoms with Crippen molar-refractivity contribution in [2.45, 2.75) is 18.9 Å². The number of ether oxygens (including phenoxy) is 2. The summed E-state index contributed by atoms with van der Waals surface area (Å²) in [6.45, 7) is 0.395. The lowest BCUT2D eigenvalue weighted by Gasteiger charge is -2.11. The molecule has 1 aliphatic rings. The van der Waals surface area contributed by atoms with Crippen molar-refractivity contribution < 1.29 is 27.8 Å². The first-order valence-electron chi connectivity index (χ1n) is 6.57. The van der Waals surface area contributed by atoms with Gasteiger partial charge >= 0.3 is 5.97 Å². The van der Waals surface area contributed by atoms with Gasteiger partial charge in [0.15, 0.2) is 6.61 Å². The quantitative estimate of drug-likeness (QED) is 0.835. The van der Waals surface area contributed by atoms with Gasteiger partial charge in [-0.3, -0.25) is 4.79 Å². The Kier molecular flexibility index (Phi) is 5.21. The number of rotatable bonds is 5. The molecule has 2 rings (SSSR count). The van der Waals surface area contributed by atoms with E-state index < -0.39 is 35.7 Å². The van der Waals surface area contributed by atoms with Gasteiger partial charge in [-0.05, 0) is 25.0 Å². The van der Waals surface area contributed by atoms with Gasteiger partial charge in [0.25, 0.3) is 5.91 Å². The van der Waals surface area contributed by atoms with Crippen molar-refractivity contribution in [3.8, 4) is 0 Å². The number of hydrogen-bond donors (Lipinski definition) is 1. The largest absolute Gasteiger partial charge is 0.452 e. The van der Waals surface area contributed by atoms with Crippen molar-refractivity contribution in [3.05, 3.63) is 35.4 Å². The third-order valence-electron chi connectivity index (χ3n) is 3.05. The third-order valence-corrected chi connectivity index (χ3v) is 3.05. The highest BCUT2D eigenvalue weighted by molar-refractivity contribution is 5.91. The summed E-state index contributed by atoms with van der Waals surface area (Å²) in [5.74, 6) is -3.81. The van der Waals surface area contributed by atoms with E-state index in [1.54, 1.807) is 0 Å². The second kappa shape index (κ2) is 7.12. The van der Waals surface area contributed by atoms with Crippen LogP contribution in [0.4, 0.5) is 8.78 Å². The van der Waals surface area contributed by atoms with Crippen molar-refractivity contribution in [1.82, 2.24) is 5.32 Å². The van der Waals surface area contributed by atoms with E-state index in [2.05, 4.69) is 10.1 Å². The van der Waals surface area contributed by atoms with Gasteiger partial charge in [0, 0.05) is 13.2 Å². The number of amides is 1. The monoisotopic (exact) mass is 299 g/mol. The topological polar surface area (TPSA) is 64.6 Å². The van der Waals surface area contributed by atoms with E-state index >= 15 is 0 Å². The molecule has 7 heteroatoms. The summed E-state index contributed by atoms with van der Waals surface area (Å²) in [6.07, 6.45) is 1.77. The van der Waals surface area contributed by atoms with Gasteiger partial charge in [-0.2, -0.15) is 0 Å². The summed E-state index contributed by atoms with van der Waals surface area (Å²) in [7, 11) is 0. The van der Waals surface area contributed by atoms with Crippen LogP contribution in [0.1, 0.15) is 23.2 Å². The summed E-state index contributed by atoms with van der Waals surface area (Å²) < 4.78 is 36.5. The molecule has 1 aromatic rings.